The van der Waals surface area contributed by atoms with Gasteiger partial charge in [0.1, 0.15) is 0 Å². The number of amides is 2. The maximum Gasteiger partial charge on any atom is 0.320 e. The molecule has 1 unspecified atom stereocenters. The van der Waals surface area contributed by atoms with Gasteiger partial charge in [0.05, 0.1) is 17.7 Å². The van der Waals surface area contributed by atoms with Gasteiger partial charge in [-0.2, -0.15) is 0 Å². The van der Waals surface area contributed by atoms with Crippen molar-refractivity contribution >= 4 is 23.3 Å². The molecule has 1 aromatic heterocycles. The molecule has 0 spiro atoms. The number of likely N-dealkylation sites (tertiary alicyclic amines) is 1. The first-order valence-corrected chi connectivity index (χ1v) is 8.09. The lowest BCUT2D eigenvalue weighted by molar-refractivity contribution is -0.137. The van der Waals surface area contributed by atoms with Gasteiger partial charge in [-0.05, 0) is 25.2 Å². The first-order chi connectivity index (χ1) is 10.1. The number of carboxylic acids is 1. The lowest BCUT2D eigenvalue weighted by Gasteiger charge is -2.35. The summed E-state index contributed by atoms with van der Waals surface area (Å²) >= 11 is 1.52. The third kappa shape index (κ3) is 4.70. The van der Waals surface area contributed by atoms with Gasteiger partial charge in [0.25, 0.3) is 0 Å². The predicted molar refractivity (Wildman–Crippen MR) is 80.1 cm³/mol. The number of carboxylic acid groups (broad SMARTS) is 1. The molecule has 0 aromatic carbocycles. The molecule has 2 heterocycles. The second kappa shape index (κ2) is 7.40. The summed E-state index contributed by atoms with van der Waals surface area (Å²) in [6, 6.07) is 0.00280. The molecule has 1 aliphatic rings. The van der Waals surface area contributed by atoms with Gasteiger partial charge in [-0.25, -0.2) is 9.78 Å². The summed E-state index contributed by atoms with van der Waals surface area (Å²) in [4.78, 5) is 30.8. The van der Waals surface area contributed by atoms with Crippen molar-refractivity contribution in [3.05, 3.63) is 16.6 Å². The van der Waals surface area contributed by atoms with Gasteiger partial charge >= 0.3 is 12.0 Å². The van der Waals surface area contributed by atoms with Crippen molar-refractivity contribution in [1.29, 1.82) is 0 Å². The zero-order valence-electron chi connectivity index (χ0n) is 12.2. The van der Waals surface area contributed by atoms with Crippen molar-refractivity contribution in [2.45, 2.75) is 32.2 Å². The average molecular weight is 311 g/mol. The van der Waals surface area contributed by atoms with E-state index >= 15 is 0 Å². The summed E-state index contributed by atoms with van der Waals surface area (Å²) < 4.78 is 0. The van der Waals surface area contributed by atoms with E-state index in [1.807, 2.05) is 10.3 Å². The van der Waals surface area contributed by atoms with Gasteiger partial charge in [-0.3, -0.25) is 4.79 Å². The SMILES string of the molecule is CN(Cc1cscn1)C(=O)N1CCCC(CCC(=O)O)C1. The van der Waals surface area contributed by atoms with Crippen LogP contribution in [0.4, 0.5) is 4.79 Å². The second-order valence-corrected chi connectivity index (χ2v) is 6.22. The van der Waals surface area contributed by atoms with E-state index in [9.17, 15) is 9.59 Å². The van der Waals surface area contributed by atoms with Crippen LogP contribution in [0.2, 0.25) is 0 Å². The quantitative estimate of drug-likeness (QED) is 0.905. The Balaban J connectivity index is 1.84. The summed E-state index contributed by atoms with van der Waals surface area (Å²) in [7, 11) is 1.78. The smallest absolute Gasteiger partial charge is 0.320 e. The number of rotatable bonds is 5. The van der Waals surface area contributed by atoms with E-state index in [1.54, 1.807) is 17.5 Å². The Morgan fingerprint density at radius 3 is 3.05 bits per heavy atom. The fraction of sp³-hybridized carbons (Fsp3) is 0.643. The van der Waals surface area contributed by atoms with Gasteiger partial charge < -0.3 is 14.9 Å². The lowest BCUT2D eigenvalue weighted by Crippen LogP contribution is -2.46. The molecule has 1 aromatic rings. The molecule has 0 saturated carbocycles. The third-order valence-corrected chi connectivity index (χ3v) is 4.40. The highest BCUT2D eigenvalue weighted by atomic mass is 32.1. The van der Waals surface area contributed by atoms with Crippen LogP contribution in [0.5, 0.6) is 0 Å². The summed E-state index contributed by atoms with van der Waals surface area (Å²) in [5, 5.41) is 10.7. The Hall–Kier alpha value is -1.63. The topological polar surface area (TPSA) is 73.7 Å². The molecule has 0 aliphatic carbocycles. The van der Waals surface area contributed by atoms with Gasteiger partial charge in [0.15, 0.2) is 0 Å². The van der Waals surface area contributed by atoms with E-state index in [0.29, 0.717) is 25.4 Å². The van der Waals surface area contributed by atoms with Crippen LogP contribution in [-0.2, 0) is 11.3 Å². The molecule has 1 atom stereocenters. The number of nitrogens with zero attached hydrogens (tertiary/aromatic N) is 3. The number of carbonyl (C=O) groups excluding carboxylic acids is 1. The lowest BCUT2D eigenvalue weighted by atomic mass is 9.93. The summed E-state index contributed by atoms with van der Waals surface area (Å²) in [6.45, 7) is 1.93. The predicted octanol–water partition coefficient (Wildman–Crippen LogP) is 2.27. The van der Waals surface area contributed by atoms with E-state index in [1.165, 1.54) is 11.3 Å². The van der Waals surface area contributed by atoms with Crippen molar-refractivity contribution < 1.29 is 14.7 Å². The molecule has 2 amide bonds. The molecule has 116 valence electrons. The fourth-order valence-electron chi connectivity index (χ4n) is 2.67. The minimum atomic E-state index is -0.765. The minimum absolute atomic E-state index is 0.00280. The average Bonchev–Trinajstić information content (AvgIpc) is 2.97. The Kier molecular flexibility index (Phi) is 5.55. The maximum absolute atomic E-state index is 12.4. The maximum atomic E-state index is 12.4. The molecule has 0 bridgehead atoms. The first-order valence-electron chi connectivity index (χ1n) is 7.15. The molecule has 7 heteroatoms. The molecule has 1 saturated heterocycles. The number of thiazole rings is 1. The number of urea groups is 1. The monoisotopic (exact) mass is 311 g/mol. The molecule has 6 nitrogen and oxygen atoms in total. The molecular weight excluding hydrogens is 290 g/mol. The van der Waals surface area contributed by atoms with Crippen LogP contribution >= 0.6 is 11.3 Å². The highest BCUT2D eigenvalue weighted by molar-refractivity contribution is 7.07. The van der Waals surface area contributed by atoms with Crippen molar-refractivity contribution in [3.8, 4) is 0 Å². The number of carbonyl (C=O) groups is 2. The van der Waals surface area contributed by atoms with E-state index in [2.05, 4.69) is 4.98 Å². The number of hydrogen-bond donors (Lipinski definition) is 1. The zero-order chi connectivity index (χ0) is 15.2. The molecule has 2 rings (SSSR count). The van der Waals surface area contributed by atoms with Crippen LogP contribution in [-0.4, -0.2) is 52.0 Å². The summed E-state index contributed by atoms with van der Waals surface area (Å²) in [5.74, 6) is -0.467. The molecule has 21 heavy (non-hydrogen) atoms. The highest BCUT2D eigenvalue weighted by Gasteiger charge is 2.26. The molecule has 1 aliphatic heterocycles. The number of hydrogen-bond acceptors (Lipinski definition) is 4. The van der Waals surface area contributed by atoms with Crippen LogP contribution in [0.1, 0.15) is 31.4 Å². The molecule has 1 fully saturated rings. The Morgan fingerprint density at radius 2 is 2.38 bits per heavy atom. The Bertz CT molecular complexity index is 478. The zero-order valence-corrected chi connectivity index (χ0v) is 13.0. The van der Waals surface area contributed by atoms with Crippen LogP contribution in [0, 0.1) is 5.92 Å². The van der Waals surface area contributed by atoms with Crippen molar-refractivity contribution in [3.63, 3.8) is 0 Å². The molecule has 1 N–H and O–H groups in total. The summed E-state index contributed by atoms with van der Waals surface area (Å²) in [5.41, 5.74) is 2.66. The Morgan fingerprint density at radius 1 is 1.57 bits per heavy atom. The Labute approximate surface area is 128 Å². The van der Waals surface area contributed by atoms with Gasteiger partial charge in [0, 0.05) is 31.9 Å². The van der Waals surface area contributed by atoms with E-state index in [4.69, 9.17) is 5.11 Å². The first kappa shape index (κ1) is 15.8. The van der Waals surface area contributed by atoms with Gasteiger partial charge in [-0.15, -0.1) is 11.3 Å². The number of piperidine rings is 1. The molecule has 0 radical (unpaired) electrons. The highest BCUT2D eigenvalue weighted by Crippen LogP contribution is 2.22. The van der Waals surface area contributed by atoms with Crippen LogP contribution < -0.4 is 0 Å². The standard InChI is InChI=1S/C14H21N3O3S/c1-16(8-12-9-21-10-15-12)14(20)17-6-2-3-11(7-17)4-5-13(18)19/h9-11H,2-8H2,1H3,(H,18,19). The number of aliphatic carboxylic acids is 1. The van der Waals surface area contributed by atoms with Crippen molar-refractivity contribution in [2.75, 3.05) is 20.1 Å². The van der Waals surface area contributed by atoms with Crippen LogP contribution in [0.3, 0.4) is 0 Å². The van der Waals surface area contributed by atoms with Gasteiger partial charge in [-0.1, -0.05) is 0 Å². The molecular formula is C14H21N3O3S. The largest absolute Gasteiger partial charge is 0.481 e. The number of aromatic nitrogens is 1. The van der Waals surface area contributed by atoms with E-state index in [-0.39, 0.29) is 12.5 Å². The fourth-order valence-corrected chi connectivity index (χ4v) is 3.22. The minimum Gasteiger partial charge on any atom is -0.481 e. The van der Waals surface area contributed by atoms with Crippen molar-refractivity contribution in [1.82, 2.24) is 14.8 Å². The van der Waals surface area contributed by atoms with E-state index < -0.39 is 5.97 Å². The van der Waals surface area contributed by atoms with E-state index in [0.717, 1.165) is 25.1 Å². The normalized spacial score (nSPS) is 18.5. The third-order valence-electron chi connectivity index (χ3n) is 3.77. The summed E-state index contributed by atoms with van der Waals surface area (Å²) in [6.07, 6.45) is 2.78. The van der Waals surface area contributed by atoms with Crippen LogP contribution in [0.25, 0.3) is 0 Å². The van der Waals surface area contributed by atoms with Gasteiger partial charge in [0.2, 0.25) is 0 Å². The second-order valence-electron chi connectivity index (χ2n) is 5.51. The van der Waals surface area contributed by atoms with Crippen LogP contribution in [0.15, 0.2) is 10.9 Å². The van der Waals surface area contributed by atoms with Crippen molar-refractivity contribution in [2.24, 2.45) is 5.92 Å².